The van der Waals surface area contributed by atoms with Gasteiger partial charge in [-0.2, -0.15) is 4.98 Å². The van der Waals surface area contributed by atoms with Gasteiger partial charge in [-0.25, -0.2) is 0 Å². The van der Waals surface area contributed by atoms with Crippen molar-refractivity contribution in [2.45, 2.75) is 25.4 Å². The third kappa shape index (κ3) is 3.04. The number of rotatable bonds is 4. The van der Waals surface area contributed by atoms with Gasteiger partial charge in [0.1, 0.15) is 6.04 Å². The van der Waals surface area contributed by atoms with Crippen LogP contribution in [0.1, 0.15) is 41.0 Å². The third-order valence-corrected chi connectivity index (χ3v) is 3.11. The molecule has 1 aliphatic rings. The average Bonchev–Trinajstić information content (AvgIpc) is 3.14. The summed E-state index contributed by atoms with van der Waals surface area (Å²) >= 11 is 0. The van der Waals surface area contributed by atoms with Crippen molar-refractivity contribution in [3.05, 3.63) is 41.8 Å². The number of amides is 2. The fourth-order valence-corrected chi connectivity index (χ4v) is 2.04. The van der Waals surface area contributed by atoms with E-state index in [-0.39, 0.29) is 24.4 Å². The van der Waals surface area contributed by atoms with Crippen molar-refractivity contribution in [2.75, 3.05) is 0 Å². The van der Waals surface area contributed by atoms with E-state index in [9.17, 15) is 9.59 Å². The lowest BCUT2D eigenvalue weighted by Crippen LogP contribution is -2.23. The normalized spacial score (nSPS) is 17.5. The van der Waals surface area contributed by atoms with Crippen LogP contribution in [0, 0.1) is 0 Å². The summed E-state index contributed by atoms with van der Waals surface area (Å²) in [7, 11) is 0. The molecule has 8 heteroatoms. The highest BCUT2D eigenvalue weighted by atomic mass is 16.5. The largest absolute Gasteiger partial charge is 0.345 e. The Balaban J connectivity index is 1.58. The van der Waals surface area contributed by atoms with Crippen LogP contribution in [-0.2, 0) is 11.3 Å². The van der Waals surface area contributed by atoms with Gasteiger partial charge in [0.2, 0.25) is 11.8 Å². The van der Waals surface area contributed by atoms with Crippen molar-refractivity contribution in [3.63, 3.8) is 0 Å². The standard InChI is InChI=1S/C13H13N5O3/c19-11-4-3-9(16-11)13-17-10(18-21-13)7-15-12(20)8-2-1-5-14-6-8/h1-2,5-6,9H,3-4,7H2,(H,15,20)(H,16,19)/t9-/m0/s1. The van der Waals surface area contributed by atoms with Crippen LogP contribution in [-0.4, -0.2) is 26.9 Å². The number of hydrogen-bond donors (Lipinski definition) is 2. The molecular weight excluding hydrogens is 274 g/mol. The Kier molecular flexibility index (Phi) is 3.59. The molecule has 0 radical (unpaired) electrons. The molecular formula is C13H13N5O3. The molecule has 1 fully saturated rings. The van der Waals surface area contributed by atoms with Crippen LogP contribution < -0.4 is 10.6 Å². The zero-order valence-electron chi connectivity index (χ0n) is 11.1. The van der Waals surface area contributed by atoms with Crippen molar-refractivity contribution < 1.29 is 14.1 Å². The van der Waals surface area contributed by atoms with E-state index >= 15 is 0 Å². The minimum Gasteiger partial charge on any atom is -0.345 e. The number of pyridine rings is 1. The summed E-state index contributed by atoms with van der Waals surface area (Å²) in [6, 6.07) is 3.12. The predicted octanol–water partition coefficient (Wildman–Crippen LogP) is 0.346. The second-order valence-electron chi connectivity index (χ2n) is 4.63. The Hall–Kier alpha value is -2.77. The van der Waals surface area contributed by atoms with Crippen molar-refractivity contribution in [1.29, 1.82) is 0 Å². The van der Waals surface area contributed by atoms with E-state index in [4.69, 9.17) is 4.52 Å². The summed E-state index contributed by atoms with van der Waals surface area (Å²) in [6.07, 6.45) is 4.17. The van der Waals surface area contributed by atoms with Crippen LogP contribution in [0.4, 0.5) is 0 Å². The van der Waals surface area contributed by atoms with E-state index in [1.807, 2.05) is 0 Å². The average molecular weight is 287 g/mol. The topological polar surface area (TPSA) is 110 Å². The van der Waals surface area contributed by atoms with Gasteiger partial charge >= 0.3 is 0 Å². The molecule has 21 heavy (non-hydrogen) atoms. The predicted molar refractivity (Wildman–Crippen MR) is 69.8 cm³/mol. The first kappa shape index (κ1) is 13.2. The van der Waals surface area contributed by atoms with E-state index in [2.05, 4.69) is 25.8 Å². The van der Waals surface area contributed by atoms with Crippen LogP contribution in [0.15, 0.2) is 29.0 Å². The lowest BCUT2D eigenvalue weighted by atomic mass is 10.2. The van der Waals surface area contributed by atoms with Gasteiger partial charge in [-0.05, 0) is 18.6 Å². The maximum atomic E-state index is 11.8. The van der Waals surface area contributed by atoms with E-state index < -0.39 is 0 Å². The van der Waals surface area contributed by atoms with Gasteiger partial charge in [0.25, 0.3) is 5.91 Å². The SMILES string of the molecule is O=C1CC[C@@H](c2nc(CNC(=O)c3cccnc3)no2)N1. The quantitative estimate of drug-likeness (QED) is 0.839. The van der Waals surface area contributed by atoms with Gasteiger partial charge in [-0.3, -0.25) is 14.6 Å². The summed E-state index contributed by atoms with van der Waals surface area (Å²) in [4.78, 5) is 31.0. The van der Waals surface area contributed by atoms with Gasteiger partial charge in [-0.1, -0.05) is 5.16 Å². The Labute approximate surface area is 119 Å². The molecule has 1 aliphatic heterocycles. The van der Waals surface area contributed by atoms with E-state index in [1.54, 1.807) is 18.3 Å². The highest BCUT2D eigenvalue weighted by molar-refractivity contribution is 5.93. The number of nitrogens with zero attached hydrogens (tertiary/aromatic N) is 3. The van der Waals surface area contributed by atoms with Crippen LogP contribution in [0.5, 0.6) is 0 Å². The molecule has 0 spiro atoms. The molecule has 2 amide bonds. The van der Waals surface area contributed by atoms with Crippen LogP contribution >= 0.6 is 0 Å². The van der Waals surface area contributed by atoms with Crippen molar-refractivity contribution in [1.82, 2.24) is 25.8 Å². The third-order valence-electron chi connectivity index (χ3n) is 3.11. The maximum Gasteiger partial charge on any atom is 0.253 e. The molecule has 2 N–H and O–H groups in total. The van der Waals surface area contributed by atoms with Gasteiger partial charge in [0.15, 0.2) is 5.82 Å². The van der Waals surface area contributed by atoms with Crippen molar-refractivity contribution in [3.8, 4) is 0 Å². The molecule has 0 saturated carbocycles. The second-order valence-corrected chi connectivity index (χ2v) is 4.63. The van der Waals surface area contributed by atoms with Crippen molar-refractivity contribution in [2.24, 2.45) is 0 Å². The fourth-order valence-electron chi connectivity index (χ4n) is 2.04. The van der Waals surface area contributed by atoms with E-state index in [1.165, 1.54) is 6.20 Å². The van der Waals surface area contributed by atoms with E-state index in [0.717, 1.165) is 0 Å². The summed E-state index contributed by atoms with van der Waals surface area (Å²) in [5.41, 5.74) is 0.462. The second kappa shape index (κ2) is 5.70. The Morgan fingerprint density at radius 3 is 3.14 bits per heavy atom. The first-order chi connectivity index (χ1) is 10.2. The Morgan fingerprint density at radius 1 is 1.52 bits per heavy atom. The molecule has 1 atom stereocenters. The highest BCUT2D eigenvalue weighted by Gasteiger charge is 2.27. The molecule has 3 rings (SSSR count). The van der Waals surface area contributed by atoms with Gasteiger partial charge in [-0.15, -0.1) is 0 Å². The molecule has 8 nitrogen and oxygen atoms in total. The number of aromatic nitrogens is 3. The monoisotopic (exact) mass is 287 g/mol. The molecule has 0 aliphatic carbocycles. The summed E-state index contributed by atoms with van der Waals surface area (Å²) in [6.45, 7) is 0.151. The number of carbonyl (C=O) groups is 2. The zero-order chi connectivity index (χ0) is 14.7. The maximum absolute atomic E-state index is 11.8. The minimum absolute atomic E-state index is 0.0235. The fraction of sp³-hybridized carbons (Fsp3) is 0.308. The molecule has 0 aromatic carbocycles. The zero-order valence-corrected chi connectivity index (χ0v) is 11.1. The first-order valence-electron chi connectivity index (χ1n) is 6.52. The molecule has 2 aromatic heterocycles. The number of carbonyl (C=O) groups excluding carboxylic acids is 2. The van der Waals surface area contributed by atoms with Gasteiger partial charge in [0.05, 0.1) is 12.1 Å². The van der Waals surface area contributed by atoms with Crippen molar-refractivity contribution >= 4 is 11.8 Å². The minimum atomic E-state index is -0.261. The Morgan fingerprint density at radius 2 is 2.43 bits per heavy atom. The number of nitrogens with one attached hydrogen (secondary N) is 2. The Bertz CT molecular complexity index is 655. The summed E-state index contributed by atoms with van der Waals surface area (Å²) in [5, 5.41) is 9.20. The van der Waals surface area contributed by atoms with E-state index in [0.29, 0.717) is 30.1 Å². The molecule has 2 aromatic rings. The van der Waals surface area contributed by atoms with Gasteiger partial charge < -0.3 is 15.2 Å². The lowest BCUT2D eigenvalue weighted by Gasteiger charge is -2.02. The first-order valence-corrected chi connectivity index (χ1v) is 6.52. The van der Waals surface area contributed by atoms with Gasteiger partial charge in [0, 0.05) is 18.8 Å². The van der Waals surface area contributed by atoms with Crippen LogP contribution in [0.3, 0.4) is 0 Å². The molecule has 108 valence electrons. The molecule has 3 heterocycles. The summed E-state index contributed by atoms with van der Waals surface area (Å²) < 4.78 is 5.10. The summed E-state index contributed by atoms with van der Waals surface area (Å²) in [5.74, 6) is 0.447. The molecule has 1 saturated heterocycles. The molecule has 0 unspecified atom stereocenters. The number of hydrogen-bond acceptors (Lipinski definition) is 6. The lowest BCUT2D eigenvalue weighted by molar-refractivity contribution is -0.119. The van der Waals surface area contributed by atoms with Crippen LogP contribution in [0.2, 0.25) is 0 Å². The molecule has 0 bridgehead atoms. The highest BCUT2D eigenvalue weighted by Crippen LogP contribution is 2.21. The smallest absolute Gasteiger partial charge is 0.253 e. The van der Waals surface area contributed by atoms with Crippen LogP contribution in [0.25, 0.3) is 0 Å².